The molecule has 0 radical (unpaired) electrons. The summed E-state index contributed by atoms with van der Waals surface area (Å²) in [7, 11) is 0. The maximum Gasteiger partial charge on any atom is 0.160 e. The van der Waals surface area contributed by atoms with Crippen LogP contribution >= 0.6 is 0 Å². The largest absolute Gasteiger partial charge is 0.247 e. The highest BCUT2D eigenvalue weighted by Crippen LogP contribution is 2.46. The molecule has 2 aromatic heterocycles. The molecule has 0 unspecified atom stereocenters. The molecule has 0 atom stereocenters. The zero-order valence-corrected chi connectivity index (χ0v) is 35.9. The van der Waals surface area contributed by atoms with Crippen molar-refractivity contribution in [3.8, 4) is 67.4 Å². The molecule has 13 rings (SSSR count). The monoisotopic (exact) mass is 837 g/mol. The minimum Gasteiger partial charge on any atom is -0.247 e. The lowest BCUT2D eigenvalue weighted by Gasteiger charge is -2.20. The number of para-hydroxylation sites is 1. The SMILES string of the molecule is c1ccc(-c2nc(-c3cccc4ccccc34)c(-c3cccc(-c4cc5c(-c6ccc7ccccc7c6)nc6ccccc6c5c5ccccc45)c3)c(-c3cccc4ccccc34)n2)cc1. The molecule has 0 saturated carbocycles. The molecule has 0 amide bonds. The Bertz CT molecular complexity index is 3950. The van der Waals surface area contributed by atoms with Crippen LogP contribution in [0.4, 0.5) is 0 Å². The van der Waals surface area contributed by atoms with Gasteiger partial charge in [0, 0.05) is 44.0 Å². The van der Waals surface area contributed by atoms with Crippen molar-refractivity contribution in [2.75, 3.05) is 0 Å². The highest BCUT2D eigenvalue weighted by molar-refractivity contribution is 6.25. The molecule has 0 saturated heterocycles. The van der Waals surface area contributed by atoms with Crippen LogP contribution < -0.4 is 0 Å². The first-order valence-corrected chi connectivity index (χ1v) is 22.5. The third-order valence-electron chi connectivity index (χ3n) is 13.2. The van der Waals surface area contributed by atoms with E-state index in [1.807, 2.05) is 6.07 Å². The Kier molecular flexibility index (Phi) is 8.85. The normalized spacial score (nSPS) is 11.6. The second kappa shape index (κ2) is 15.5. The Balaban J connectivity index is 1.12. The summed E-state index contributed by atoms with van der Waals surface area (Å²) in [6, 6.07) is 84.7. The van der Waals surface area contributed by atoms with Gasteiger partial charge in [0.1, 0.15) is 0 Å². The predicted molar refractivity (Wildman–Crippen MR) is 277 cm³/mol. The Morgan fingerprint density at radius 2 is 0.773 bits per heavy atom. The third kappa shape index (κ3) is 6.24. The van der Waals surface area contributed by atoms with Gasteiger partial charge in [-0.15, -0.1) is 0 Å². The Morgan fingerprint density at radius 3 is 1.48 bits per heavy atom. The van der Waals surface area contributed by atoms with Crippen LogP contribution in [0.5, 0.6) is 0 Å². The summed E-state index contributed by atoms with van der Waals surface area (Å²) in [6.45, 7) is 0. The average molecular weight is 838 g/mol. The zero-order chi connectivity index (χ0) is 43.6. The number of nitrogens with zero attached hydrogens (tertiary/aromatic N) is 3. The maximum absolute atomic E-state index is 5.58. The molecule has 2 heterocycles. The standard InChI is InChI=1S/C63H39N3/c1-2-20-43(21-3-1)63-65-61(52-32-15-23-41-18-6-8-27-48(41)52)58(62(66-63)53-33-16-24-42-19-7-9-28-49(42)53)46-26-14-25-45(38-46)55-39-56-59(51-30-11-10-29-50(51)55)54-31-12-13-34-57(54)64-60(56)47-36-35-40-17-4-5-22-44(40)37-47/h1-39H. The fourth-order valence-corrected chi connectivity index (χ4v) is 10.2. The minimum atomic E-state index is 0.683. The summed E-state index contributed by atoms with van der Waals surface area (Å²) in [4.78, 5) is 16.6. The molecule has 306 valence electrons. The summed E-state index contributed by atoms with van der Waals surface area (Å²) in [5.74, 6) is 0.683. The van der Waals surface area contributed by atoms with Crippen LogP contribution in [0.3, 0.4) is 0 Å². The highest BCUT2D eigenvalue weighted by Gasteiger charge is 2.24. The van der Waals surface area contributed by atoms with E-state index >= 15 is 0 Å². The van der Waals surface area contributed by atoms with Gasteiger partial charge in [-0.1, -0.05) is 212 Å². The van der Waals surface area contributed by atoms with Crippen LogP contribution in [0.15, 0.2) is 237 Å². The van der Waals surface area contributed by atoms with E-state index in [0.717, 1.165) is 99.4 Å². The number of rotatable bonds is 6. The maximum atomic E-state index is 5.58. The first-order valence-electron chi connectivity index (χ1n) is 22.5. The minimum absolute atomic E-state index is 0.683. The first-order chi connectivity index (χ1) is 32.7. The second-order valence-corrected chi connectivity index (χ2v) is 17.1. The number of fused-ring (bicyclic) bond motifs is 8. The van der Waals surface area contributed by atoms with Crippen molar-refractivity contribution < 1.29 is 0 Å². The topological polar surface area (TPSA) is 38.7 Å². The lowest BCUT2D eigenvalue weighted by molar-refractivity contribution is 1.19. The van der Waals surface area contributed by atoms with Gasteiger partial charge >= 0.3 is 0 Å². The second-order valence-electron chi connectivity index (χ2n) is 17.1. The number of aromatic nitrogens is 3. The zero-order valence-electron chi connectivity index (χ0n) is 35.9. The van der Waals surface area contributed by atoms with Crippen LogP contribution in [-0.2, 0) is 0 Å². The summed E-state index contributed by atoms with van der Waals surface area (Å²) in [5.41, 5.74) is 12.2. The lowest BCUT2D eigenvalue weighted by Crippen LogP contribution is -2.02. The summed E-state index contributed by atoms with van der Waals surface area (Å²) < 4.78 is 0. The summed E-state index contributed by atoms with van der Waals surface area (Å²) in [5, 5.41) is 12.8. The van der Waals surface area contributed by atoms with Gasteiger partial charge in [0.05, 0.1) is 22.6 Å². The molecule has 66 heavy (non-hydrogen) atoms. The quantitative estimate of drug-likeness (QED) is 0.157. The van der Waals surface area contributed by atoms with Crippen LogP contribution in [0.2, 0.25) is 0 Å². The van der Waals surface area contributed by atoms with Crippen LogP contribution in [-0.4, -0.2) is 15.0 Å². The van der Waals surface area contributed by atoms with Crippen LogP contribution in [0.25, 0.3) is 132 Å². The predicted octanol–water partition coefficient (Wildman–Crippen LogP) is 16.8. The van der Waals surface area contributed by atoms with Crippen molar-refractivity contribution in [3.63, 3.8) is 0 Å². The van der Waals surface area contributed by atoms with Crippen LogP contribution in [0.1, 0.15) is 0 Å². The van der Waals surface area contributed by atoms with Crippen molar-refractivity contribution in [3.05, 3.63) is 237 Å². The van der Waals surface area contributed by atoms with Gasteiger partial charge in [-0.3, -0.25) is 0 Å². The number of pyridine rings is 1. The van der Waals surface area contributed by atoms with E-state index in [-0.39, 0.29) is 0 Å². The molecule has 0 spiro atoms. The molecule has 0 fully saturated rings. The van der Waals surface area contributed by atoms with Crippen molar-refractivity contribution in [2.45, 2.75) is 0 Å². The van der Waals surface area contributed by atoms with E-state index in [9.17, 15) is 0 Å². The van der Waals surface area contributed by atoms with Gasteiger partial charge in [-0.25, -0.2) is 15.0 Å². The van der Waals surface area contributed by atoms with Gasteiger partial charge < -0.3 is 0 Å². The molecular formula is C63H39N3. The van der Waals surface area contributed by atoms with E-state index in [1.165, 1.54) is 26.9 Å². The molecule has 0 aliphatic rings. The first kappa shape index (κ1) is 37.7. The van der Waals surface area contributed by atoms with Crippen molar-refractivity contribution >= 4 is 64.8 Å². The van der Waals surface area contributed by atoms with Crippen LogP contribution in [0, 0.1) is 0 Å². The van der Waals surface area contributed by atoms with Crippen molar-refractivity contribution in [2.24, 2.45) is 0 Å². The third-order valence-corrected chi connectivity index (χ3v) is 13.2. The lowest BCUT2D eigenvalue weighted by atomic mass is 9.87. The molecule has 0 bridgehead atoms. The molecule has 13 aromatic rings. The van der Waals surface area contributed by atoms with E-state index in [2.05, 4.69) is 231 Å². The fourth-order valence-electron chi connectivity index (χ4n) is 10.2. The number of hydrogen-bond acceptors (Lipinski definition) is 3. The number of hydrogen-bond donors (Lipinski definition) is 0. The fraction of sp³-hybridized carbons (Fsp3) is 0. The van der Waals surface area contributed by atoms with Gasteiger partial charge in [0.2, 0.25) is 0 Å². The summed E-state index contributed by atoms with van der Waals surface area (Å²) in [6.07, 6.45) is 0. The Morgan fingerprint density at radius 1 is 0.242 bits per heavy atom. The molecule has 11 aromatic carbocycles. The Hall–Kier alpha value is -8.79. The highest BCUT2D eigenvalue weighted by atomic mass is 14.9. The summed E-state index contributed by atoms with van der Waals surface area (Å²) >= 11 is 0. The van der Waals surface area contributed by atoms with E-state index in [4.69, 9.17) is 15.0 Å². The number of benzene rings is 11. The van der Waals surface area contributed by atoms with Crippen molar-refractivity contribution in [1.29, 1.82) is 0 Å². The Labute approximate surface area is 382 Å². The van der Waals surface area contributed by atoms with Gasteiger partial charge in [0.25, 0.3) is 0 Å². The van der Waals surface area contributed by atoms with E-state index in [0.29, 0.717) is 5.82 Å². The molecule has 0 aliphatic carbocycles. The van der Waals surface area contributed by atoms with Crippen molar-refractivity contribution in [1.82, 2.24) is 15.0 Å². The molecule has 3 heteroatoms. The average Bonchev–Trinajstić information content (AvgIpc) is 3.39. The molecule has 3 nitrogen and oxygen atoms in total. The molecule has 0 N–H and O–H groups in total. The smallest absolute Gasteiger partial charge is 0.160 e. The van der Waals surface area contributed by atoms with Gasteiger partial charge in [0.15, 0.2) is 5.82 Å². The van der Waals surface area contributed by atoms with E-state index in [1.54, 1.807) is 0 Å². The molecular weight excluding hydrogens is 799 g/mol. The van der Waals surface area contributed by atoms with E-state index < -0.39 is 0 Å². The molecule has 0 aliphatic heterocycles. The van der Waals surface area contributed by atoms with Gasteiger partial charge in [-0.05, 0) is 84.0 Å². The van der Waals surface area contributed by atoms with Gasteiger partial charge in [-0.2, -0.15) is 0 Å².